The van der Waals surface area contributed by atoms with Crippen LogP contribution >= 0.6 is 0 Å². The first-order chi connectivity index (χ1) is 11.4. The summed E-state index contributed by atoms with van der Waals surface area (Å²) in [5.41, 5.74) is -0.0995. The number of carboxylic acids is 1. The number of hydrogen-bond acceptors (Lipinski definition) is 4. The molecule has 0 bridgehead atoms. The zero-order valence-corrected chi connectivity index (χ0v) is 13.9. The highest BCUT2D eigenvalue weighted by Crippen LogP contribution is 2.64. The molecule has 0 radical (unpaired) electrons. The highest BCUT2D eigenvalue weighted by Gasteiger charge is 2.75. The van der Waals surface area contributed by atoms with Crippen molar-refractivity contribution in [2.24, 2.45) is 5.41 Å². The number of hydrogen-bond donors (Lipinski definition) is 2. The molecule has 1 saturated carbocycles. The number of aliphatic carboxylic acids is 1. The van der Waals surface area contributed by atoms with E-state index in [9.17, 15) is 23.4 Å². The van der Waals surface area contributed by atoms with E-state index in [1.165, 1.54) is 12.1 Å². The molecule has 2 aromatic carbocycles. The second kappa shape index (κ2) is 5.72. The lowest BCUT2D eigenvalue weighted by Gasteiger charge is -2.09. The average Bonchev–Trinajstić information content (AvgIpc) is 3.28. The normalized spacial score (nSPS) is 26.1. The fourth-order valence-corrected chi connectivity index (χ4v) is 5.76. The van der Waals surface area contributed by atoms with Crippen LogP contribution in [0, 0.1) is 12.3 Å². The topological polar surface area (TPSA) is 91.7 Å². The van der Waals surface area contributed by atoms with Crippen molar-refractivity contribution in [3.63, 3.8) is 0 Å². The van der Waals surface area contributed by atoms with Crippen LogP contribution in [0.1, 0.15) is 17.0 Å². The predicted octanol–water partition coefficient (Wildman–Crippen LogP) is 2.00. The van der Waals surface area contributed by atoms with E-state index in [0.29, 0.717) is 5.56 Å². The summed E-state index contributed by atoms with van der Waals surface area (Å²) in [7, 11) is -3.88. The van der Waals surface area contributed by atoms with E-state index in [2.05, 4.69) is 0 Å². The van der Waals surface area contributed by atoms with Gasteiger partial charge < -0.3 is 10.2 Å². The molecule has 0 amide bonds. The maximum Gasteiger partial charge on any atom is 0.314 e. The second-order valence-corrected chi connectivity index (χ2v) is 8.24. The van der Waals surface area contributed by atoms with Gasteiger partial charge in [0.25, 0.3) is 0 Å². The molecule has 0 spiro atoms. The van der Waals surface area contributed by atoms with Gasteiger partial charge in [0.1, 0.15) is 5.41 Å². The average molecular weight is 346 g/mol. The van der Waals surface area contributed by atoms with E-state index in [1.54, 1.807) is 30.3 Å². The van der Waals surface area contributed by atoms with Gasteiger partial charge in [-0.2, -0.15) is 0 Å². The Morgan fingerprint density at radius 3 is 2.17 bits per heavy atom. The van der Waals surface area contributed by atoms with Crippen molar-refractivity contribution in [2.45, 2.75) is 23.0 Å². The van der Waals surface area contributed by atoms with Crippen molar-refractivity contribution in [3.8, 4) is 0 Å². The van der Waals surface area contributed by atoms with Crippen molar-refractivity contribution >= 4 is 15.8 Å². The van der Waals surface area contributed by atoms with Gasteiger partial charge >= 0.3 is 5.97 Å². The maximum atomic E-state index is 12.9. The van der Waals surface area contributed by atoms with Gasteiger partial charge in [-0.3, -0.25) is 4.79 Å². The Hall–Kier alpha value is -2.18. The lowest BCUT2D eigenvalue weighted by molar-refractivity contribution is -0.145. The molecule has 0 aromatic heterocycles. The van der Waals surface area contributed by atoms with Gasteiger partial charge in [0.15, 0.2) is 9.84 Å². The summed E-state index contributed by atoms with van der Waals surface area (Å²) in [6.07, 6.45) is 0. The third-order valence-electron chi connectivity index (χ3n) is 4.76. The molecule has 0 aliphatic heterocycles. The van der Waals surface area contributed by atoms with E-state index < -0.39 is 39.0 Å². The van der Waals surface area contributed by atoms with Crippen LogP contribution in [0.4, 0.5) is 0 Å². The zero-order chi connectivity index (χ0) is 17.5. The molecule has 3 atom stereocenters. The Morgan fingerprint density at radius 1 is 1.08 bits per heavy atom. The molecule has 2 aromatic rings. The van der Waals surface area contributed by atoms with Crippen LogP contribution in [0.25, 0.3) is 0 Å². The van der Waals surface area contributed by atoms with Gasteiger partial charge in [0.05, 0.1) is 16.8 Å². The van der Waals surface area contributed by atoms with Gasteiger partial charge in [-0.05, 0) is 24.6 Å². The van der Waals surface area contributed by atoms with Gasteiger partial charge in [-0.25, -0.2) is 8.42 Å². The molecule has 1 aliphatic rings. The molecule has 0 saturated heterocycles. The Balaban J connectivity index is 2.11. The molecule has 0 unspecified atom stereocenters. The van der Waals surface area contributed by atoms with Crippen LogP contribution < -0.4 is 0 Å². The van der Waals surface area contributed by atoms with E-state index in [-0.39, 0.29) is 4.90 Å². The molecule has 6 heteroatoms. The molecule has 2 N–H and O–H groups in total. The Bertz CT molecular complexity index is 858. The molecule has 1 fully saturated rings. The minimum absolute atomic E-state index is 0.0729. The van der Waals surface area contributed by atoms with Crippen molar-refractivity contribution < 1.29 is 23.4 Å². The summed E-state index contributed by atoms with van der Waals surface area (Å²) in [5.74, 6) is -2.06. The molecule has 0 heterocycles. The molecular formula is C18H18O5S. The van der Waals surface area contributed by atoms with Crippen molar-refractivity contribution in [3.05, 3.63) is 65.7 Å². The number of carbonyl (C=O) groups is 1. The smallest absolute Gasteiger partial charge is 0.314 e. The molecule has 3 rings (SSSR count). The fraction of sp³-hybridized carbons (Fsp3) is 0.278. The predicted molar refractivity (Wildman–Crippen MR) is 88.5 cm³/mol. The van der Waals surface area contributed by atoms with Crippen LogP contribution in [0.15, 0.2) is 59.5 Å². The lowest BCUT2D eigenvalue weighted by Crippen LogP contribution is -2.27. The number of carboxylic acid groups (broad SMARTS) is 1. The number of aryl methyl sites for hydroxylation is 1. The lowest BCUT2D eigenvalue weighted by atomic mass is 9.99. The summed E-state index contributed by atoms with van der Waals surface area (Å²) in [6.45, 7) is 1.17. The molecule has 1 aliphatic carbocycles. The Kier molecular flexibility index (Phi) is 3.97. The standard InChI is InChI=1S/C18H18O5S/c1-12-7-9-13(10-8-12)15-16(18(15,11-19)17(20)21)24(22,23)14-5-3-2-4-6-14/h2-10,15-16,19H,11H2,1H3,(H,20,21)/t15-,16-,18+/m1/s1. The van der Waals surface area contributed by atoms with Crippen molar-refractivity contribution in [2.75, 3.05) is 6.61 Å². The molecule has 24 heavy (non-hydrogen) atoms. The Labute approximate surface area is 140 Å². The number of aliphatic hydroxyl groups is 1. The van der Waals surface area contributed by atoms with Crippen molar-refractivity contribution in [1.82, 2.24) is 0 Å². The van der Waals surface area contributed by atoms with E-state index in [0.717, 1.165) is 5.56 Å². The minimum Gasteiger partial charge on any atom is -0.481 e. The van der Waals surface area contributed by atoms with Crippen LogP contribution in [0.5, 0.6) is 0 Å². The van der Waals surface area contributed by atoms with Crippen LogP contribution in [-0.2, 0) is 14.6 Å². The number of benzene rings is 2. The van der Waals surface area contributed by atoms with Gasteiger partial charge in [0, 0.05) is 5.92 Å². The summed E-state index contributed by atoms with van der Waals surface area (Å²) in [5, 5.41) is 18.2. The summed E-state index contributed by atoms with van der Waals surface area (Å²) < 4.78 is 25.9. The summed E-state index contributed by atoms with van der Waals surface area (Å²) >= 11 is 0. The highest BCUT2D eigenvalue weighted by molar-refractivity contribution is 7.92. The molecular weight excluding hydrogens is 328 g/mol. The van der Waals surface area contributed by atoms with Gasteiger partial charge in [-0.1, -0.05) is 48.0 Å². The second-order valence-electron chi connectivity index (χ2n) is 6.17. The number of rotatable bonds is 5. The summed E-state index contributed by atoms with van der Waals surface area (Å²) in [6, 6.07) is 14.9. The van der Waals surface area contributed by atoms with E-state index in [1.807, 2.05) is 19.1 Å². The SMILES string of the molecule is Cc1ccc([C@@H]2[C@@H](S(=O)(=O)c3ccccc3)[C@@]2(CO)C(=O)O)cc1. The van der Waals surface area contributed by atoms with Crippen LogP contribution in [-0.4, -0.2) is 36.5 Å². The first kappa shape index (κ1) is 16.7. The zero-order valence-electron chi connectivity index (χ0n) is 13.1. The van der Waals surface area contributed by atoms with Crippen molar-refractivity contribution in [1.29, 1.82) is 0 Å². The number of aliphatic hydroxyl groups excluding tert-OH is 1. The van der Waals surface area contributed by atoms with E-state index >= 15 is 0 Å². The Morgan fingerprint density at radius 2 is 1.67 bits per heavy atom. The number of sulfone groups is 1. The highest BCUT2D eigenvalue weighted by atomic mass is 32.2. The van der Waals surface area contributed by atoms with Gasteiger partial charge in [0.2, 0.25) is 0 Å². The summed E-state index contributed by atoms with van der Waals surface area (Å²) in [4.78, 5) is 11.9. The van der Waals surface area contributed by atoms with Gasteiger partial charge in [-0.15, -0.1) is 0 Å². The van der Waals surface area contributed by atoms with Crippen LogP contribution in [0.3, 0.4) is 0 Å². The minimum atomic E-state index is -3.88. The largest absolute Gasteiger partial charge is 0.481 e. The van der Waals surface area contributed by atoms with E-state index in [4.69, 9.17) is 0 Å². The molecule has 5 nitrogen and oxygen atoms in total. The maximum absolute atomic E-state index is 12.9. The third kappa shape index (κ3) is 2.34. The first-order valence-corrected chi connectivity index (χ1v) is 9.10. The third-order valence-corrected chi connectivity index (χ3v) is 7.05. The quantitative estimate of drug-likeness (QED) is 0.864. The molecule has 126 valence electrons. The fourth-order valence-electron chi connectivity index (χ4n) is 3.37. The first-order valence-electron chi connectivity index (χ1n) is 7.55. The van der Waals surface area contributed by atoms with Crippen LogP contribution in [0.2, 0.25) is 0 Å². The monoisotopic (exact) mass is 346 g/mol.